The first-order valence-electron chi connectivity index (χ1n) is 7.76. The zero-order valence-electron chi connectivity index (χ0n) is 12.8. The molecule has 0 saturated heterocycles. The van der Waals surface area contributed by atoms with Crippen LogP contribution >= 0.6 is 0 Å². The van der Waals surface area contributed by atoms with Gasteiger partial charge in [0.15, 0.2) is 11.6 Å². The van der Waals surface area contributed by atoms with Crippen LogP contribution < -0.4 is 15.0 Å². The maximum atomic E-state index is 13.4. The number of hydrogen-bond acceptors (Lipinski definition) is 2. The lowest BCUT2D eigenvalue weighted by Gasteiger charge is -2.29. The molecule has 0 radical (unpaired) electrons. The lowest BCUT2D eigenvalue weighted by atomic mass is 10.0. The third-order valence-corrected chi connectivity index (χ3v) is 3.83. The van der Waals surface area contributed by atoms with Gasteiger partial charge in [-0.15, -0.1) is 0 Å². The number of rotatable bonds is 4. The highest BCUT2D eigenvalue weighted by Gasteiger charge is 2.21. The molecule has 1 aliphatic rings. The highest BCUT2D eigenvalue weighted by Crippen LogP contribution is 2.26. The van der Waals surface area contributed by atoms with Gasteiger partial charge in [0.1, 0.15) is 6.61 Å². The van der Waals surface area contributed by atoms with Gasteiger partial charge in [0, 0.05) is 12.2 Å². The molecular weight excluding hydrogens is 295 g/mol. The molecule has 5 heteroatoms. The van der Waals surface area contributed by atoms with Crippen molar-refractivity contribution < 1.29 is 13.9 Å². The van der Waals surface area contributed by atoms with Crippen LogP contribution in [0.1, 0.15) is 12.0 Å². The first-order valence-corrected chi connectivity index (χ1v) is 7.76. The number of nitrogens with one attached hydrogen (secondary N) is 1. The normalized spacial score (nSPS) is 13.3. The Hall–Kier alpha value is -2.56. The van der Waals surface area contributed by atoms with Crippen LogP contribution in [0.4, 0.5) is 14.9 Å². The summed E-state index contributed by atoms with van der Waals surface area (Å²) in [6, 6.07) is 14.0. The number of carbonyl (C=O) groups is 1. The van der Waals surface area contributed by atoms with Crippen molar-refractivity contribution in [2.24, 2.45) is 0 Å². The second-order valence-corrected chi connectivity index (χ2v) is 5.39. The fraction of sp³-hybridized carbons (Fsp3) is 0.278. The summed E-state index contributed by atoms with van der Waals surface area (Å²) in [5.41, 5.74) is 2.16. The molecule has 2 amide bonds. The number of anilines is 1. The second kappa shape index (κ2) is 7.13. The standard InChI is InChI=1S/C18H19FN2O2/c19-15-8-2-4-10-17(15)23-13-11-20-18(22)21-12-5-7-14-6-1-3-9-16(14)21/h1-4,6,8-10H,5,7,11-13H2,(H,20,22). The molecule has 3 rings (SSSR count). The number of carbonyl (C=O) groups excluding carboxylic acids is 1. The predicted octanol–water partition coefficient (Wildman–Crippen LogP) is 3.37. The monoisotopic (exact) mass is 314 g/mol. The molecule has 0 aliphatic carbocycles. The van der Waals surface area contributed by atoms with Gasteiger partial charge in [0.2, 0.25) is 0 Å². The zero-order chi connectivity index (χ0) is 16.1. The molecule has 0 saturated carbocycles. The molecule has 0 fully saturated rings. The van der Waals surface area contributed by atoms with Crippen molar-refractivity contribution in [2.75, 3.05) is 24.6 Å². The molecule has 1 aliphatic heterocycles. The Labute approximate surface area is 134 Å². The molecule has 4 nitrogen and oxygen atoms in total. The summed E-state index contributed by atoms with van der Waals surface area (Å²) in [5.74, 6) is -0.200. The highest BCUT2D eigenvalue weighted by atomic mass is 19.1. The molecule has 1 heterocycles. The maximum Gasteiger partial charge on any atom is 0.321 e. The van der Waals surface area contributed by atoms with Crippen LogP contribution in [0, 0.1) is 5.82 Å². The van der Waals surface area contributed by atoms with Crippen LogP contribution in [0.2, 0.25) is 0 Å². The molecular formula is C18H19FN2O2. The van der Waals surface area contributed by atoms with Crippen LogP contribution in [0.15, 0.2) is 48.5 Å². The number of para-hydroxylation sites is 2. The summed E-state index contributed by atoms with van der Waals surface area (Å²) >= 11 is 0. The van der Waals surface area contributed by atoms with Crippen molar-refractivity contribution in [3.63, 3.8) is 0 Å². The molecule has 0 aromatic heterocycles. The fourth-order valence-corrected chi connectivity index (χ4v) is 2.72. The van der Waals surface area contributed by atoms with Gasteiger partial charge in [0.25, 0.3) is 0 Å². The number of halogens is 1. The average Bonchev–Trinajstić information content (AvgIpc) is 2.59. The van der Waals surface area contributed by atoms with E-state index in [4.69, 9.17) is 4.74 Å². The van der Waals surface area contributed by atoms with E-state index in [1.165, 1.54) is 11.6 Å². The fourth-order valence-electron chi connectivity index (χ4n) is 2.72. The number of benzene rings is 2. The first-order chi connectivity index (χ1) is 11.3. The number of aryl methyl sites for hydroxylation is 1. The van der Waals surface area contributed by atoms with Crippen LogP contribution in [-0.4, -0.2) is 25.7 Å². The Kier molecular flexibility index (Phi) is 4.76. The van der Waals surface area contributed by atoms with Crippen molar-refractivity contribution in [3.8, 4) is 5.75 Å². The smallest absolute Gasteiger partial charge is 0.321 e. The van der Waals surface area contributed by atoms with E-state index in [-0.39, 0.29) is 18.4 Å². The van der Waals surface area contributed by atoms with Crippen molar-refractivity contribution in [1.29, 1.82) is 0 Å². The number of hydrogen-bond donors (Lipinski definition) is 1. The third kappa shape index (κ3) is 3.62. The van der Waals surface area contributed by atoms with Gasteiger partial charge in [-0.3, -0.25) is 4.90 Å². The minimum atomic E-state index is -0.399. The summed E-state index contributed by atoms with van der Waals surface area (Å²) in [4.78, 5) is 14.1. The Morgan fingerprint density at radius 3 is 2.83 bits per heavy atom. The first kappa shape index (κ1) is 15.3. The molecule has 0 bridgehead atoms. The van der Waals surface area contributed by atoms with Crippen molar-refractivity contribution in [1.82, 2.24) is 5.32 Å². The lowest BCUT2D eigenvalue weighted by Crippen LogP contribution is -2.44. The van der Waals surface area contributed by atoms with Gasteiger partial charge in [-0.05, 0) is 36.6 Å². The molecule has 1 N–H and O–H groups in total. The Bertz CT molecular complexity index is 690. The number of amides is 2. The summed E-state index contributed by atoms with van der Waals surface area (Å²) in [7, 11) is 0. The van der Waals surface area contributed by atoms with E-state index >= 15 is 0 Å². The topological polar surface area (TPSA) is 41.6 Å². The summed E-state index contributed by atoms with van der Waals surface area (Å²) in [6.07, 6.45) is 1.95. The highest BCUT2D eigenvalue weighted by molar-refractivity contribution is 5.93. The maximum absolute atomic E-state index is 13.4. The Balaban J connectivity index is 1.52. The predicted molar refractivity (Wildman–Crippen MR) is 87.4 cm³/mol. The second-order valence-electron chi connectivity index (χ2n) is 5.39. The minimum absolute atomic E-state index is 0.144. The summed E-state index contributed by atoms with van der Waals surface area (Å²) < 4.78 is 18.7. The van der Waals surface area contributed by atoms with Gasteiger partial charge in [-0.1, -0.05) is 30.3 Å². The summed E-state index contributed by atoms with van der Waals surface area (Å²) in [5, 5.41) is 2.82. The molecule has 120 valence electrons. The van der Waals surface area contributed by atoms with Gasteiger partial charge in [0.05, 0.1) is 6.54 Å². The van der Waals surface area contributed by atoms with E-state index in [0.717, 1.165) is 18.5 Å². The Morgan fingerprint density at radius 2 is 1.96 bits per heavy atom. The average molecular weight is 314 g/mol. The van der Waals surface area contributed by atoms with Gasteiger partial charge >= 0.3 is 6.03 Å². The minimum Gasteiger partial charge on any atom is -0.489 e. The number of fused-ring (bicyclic) bond motifs is 1. The van der Waals surface area contributed by atoms with Crippen LogP contribution in [-0.2, 0) is 6.42 Å². The van der Waals surface area contributed by atoms with Gasteiger partial charge in [-0.25, -0.2) is 9.18 Å². The van der Waals surface area contributed by atoms with Gasteiger partial charge < -0.3 is 10.1 Å². The molecule has 23 heavy (non-hydrogen) atoms. The van der Waals surface area contributed by atoms with E-state index in [2.05, 4.69) is 11.4 Å². The van der Waals surface area contributed by atoms with E-state index in [0.29, 0.717) is 13.1 Å². The Morgan fingerprint density at radius 1 is 1.17 bits per heavy atom. The van der Waals surface area contributed by atoms with Crippen LogP contribution in [0.25, 0.3) is 0 Å². The molecule has 0 unspecified atom stereocenters. The van der Waals surface area contributed by atoms with E-state index in [9.17, 15) is 9.18 Å². The van der Waals surface area contributed by atoms with E-state index < -0.39 is 5.82 Å². The number of nitrogens with zero attached hydrogens (tertiary/aromatic N) is 1. The number of ether oxygens (including phenoxy) is 1. The summed E-state index contributed by atoms with van der Waals surface area (Å²) in [6.45, 7) is 1.25. The van der Waals surface area contributed by atoms with Crippen molar-refractivity contribution >= 4 is 11.7 Å². The zero-order valence-corrected chi connectivity index (χ0v) is 12.8. The van der Waals surface area contributed by atoms with E-state index in [1.807, 2.05) is 18.2 Å². The lowest BCUT2D eigenvalue weighted by molar-refractivity contribution is 0.240. The van der Waals surface area contributed by atoms with Crippen LogP contribution in [0.3, 0.4) is 0 Å². The van der Waals surface area contributed by atoms with Crippen molar-refractivity contribution in [3.05, 3.63) is 59.9 Å². The quantitative estimate of drug-likeness (QED) is 0.879. The number of urea groups is 1. The van der Waals surface area contributed by atoms with Crippen molar-refractivity contribution in [2.45, 2.75) is 12.8 Å². The van der Waals surface area contributed by atoms with E-state index in [1.54, 1.807) is 23.1 Å². The SMILES string of the molecule is O=C(NCCOc1ccccc1F)N1CCCc2ccccc21. The van der Waals surface area contributed by atoms with Gasteiger partial charge in [-0.2, -0.15) is 0 Å². The largest absolute Gasteiger partial charge is 0.489 e. The van der Waals surface area contributed by atoms with Crippen LogP contribution in [0.5, 0.6) is 5.75 Å². The molecule has 0 spiro atoms. The molecule has 0 atom stereocenters. The third-order valence-electron chi connectivity index (χ3n) is 3.83. The molecule has 2 aromatic rings. The molecule has 2 aromatic carbocycles.